The lowest BCUT2D eigenvalue weighted by Crippen LogP contribution is -2.54. The van der Waals surface area contributed by atoms with Crippen LogP contribution in [0.5, 0.6) is 5.75 Å². The molecule has 2 aliphatic carbocycles. The number of aliphatic hydroxyl groups is 1. The molecule has 7 atom stereocenters. The summed E-state index contributed by atoms with van der Waals surface area (Å²) < 4.78 is 36.1. The molecule has 0 aromatic heterocycles. The van der Waals surface area contributed by atoms with Crippen LogP contribution >= 0.6 is 11.6 Å². The fraction of sp³-hybridized carbons (Fsp3) is 0.667. The van der Waals surface area contributed by atoms with Gasteiger partial charge in [0, 0.05) is 35.6 Å². The summed E-state index contributed by atoms with van der Waals surface area (Å²) in [6.45, 7) is 7.72. The highest BCUT2D eigenvalue weighted by atomic mass is 35.5. The largest absolute Gasteiger partial charge is 0.490 e. The third kappa shape index (κ3) is 6.98. The smallest absolute Gasteiger partial charge is 0.264 e. The minimum atomic E-state index is -3.93. The molecule has 8 nitrogen and oxygen atoms in total. The van der Waals surface area contributed by atoms with Crippen molar-refractivity contribution in [1.82, 2.24) is 9.62 Å². The van der Waals surface area contributed by atoms with Crippen molar-refractivity contribution in [2.45, 2.75) is 101 Å². The summed E-state index contributed by atoms with van der Waals surface area (Å²) in [5, 5.41) is 12.8. The van der Waals surface area contributed by atoms with E-state index in [1.165, 1.54) is 11.1 Å². The normalized spacial score (nSPS) is 35.2. The Balaban J connectivity index is 1.29. The fourth-order valence-corrected chi connectivity index (χ4v) is 11.5. The molecule has 0 radical (unpaired) electrons. The van der Waals surface area contributed by atoms with Gasteiger partial charge in [-0.3, -0.25) is 4.79 Å². The Morgan fingerprint density at radius 2 is 1.86 bits per heavy atom. The number of nitrogens with zero attached hydrogens (tertiary/aromatic N) is 2. The van der Waals surface area contributed by atoms with E-state index in [-0.39, 0.29) is 17.3 Å². The van der Waals surface area contributed by atoms with Gasteiger partial charge in [-0.25, -0.2) is 13.1 Å². The number of piperidine rings is 1. The summed E-state index contributed by atoms with van der Waals surface area (Å²) in [4.78, 5) is 18.4. The van der Waals surface area contributed by atoms with E-state index in [1.807, 2.05) is 25.1 Å². The van der Waals surface area contributed by atoms with Crippen LogP contribution in [-0.2, 0) is 21.9 Å². The topological polar surface area (TPSA) is 99.2 Å². The highest BCUT2D eigenvalue weighted by Crippen LogP contribution is 2.50. The molecule has 10 heteroatoms. The SMILES string of the molecule is C[C@@H]1[C@@H](C)CCC[C@@](O)(C[C@H]2CCCN(C)C2)[C@@H]2CC[C@H]2CN2C[C@@]3(CCCc4cc(Cl)ccc43)COc3ccc(cc32)C(=O)NS1(=O)=O. The molecule has 268 valence electrons. The minimum Gasteiger partial charge on any atom is -0.490 e. The molecule has 3 aliphatic heterocycles. The molecule has 1 saturated carbocycles. The number of benzene rings is 2. The molecular weight excluding hydrogens is 658 g/mol. The molecule has 1 saturated heterocycles. The van der Waals surface area contributed by atoms with E-state index in [9.17, 15) is 18.3 Å². The van der Waals surface area contributed by atoms with Crippen molar-refractivity contribution in [2.75, 3.05) is 44.7 Å². The van der Waals surface area contributed by atoms with Gasteiger partial charge in [-0.15, -0.1) is 0 Å². The first-order valence-corrected chi connectivity index (χ1v) is 20.6. The van der Waals surface area contributed by atoms with Crippen LogP contribution in [0, 0.1) is 23.7 Å². The summed E-state index contributed by atoms with van der Waals surface area (Å²) in [7, 11) is -1.74. The Bertz CT molecular complexity index is 1670. The van der Waals surface area contributed by atoms with Crippen LogP contribution in [0.3, 0.4) is 0 Å². The summed E-state index contributed by atoms with van der Waals surface area (Å²) >= 11 is 6.47. The maximum absolute atomic E-state index is 13.6. The molecule has 0 unspecified atom stereocenters. The predicted molar refractivity (Wildman–Crippen MR) is 195 cm³/mol. The molecule has 2 aromatic carbocycles. The third-order valence-electron chi connectivity index (χ3n) is 13.0. The van der Waals surface area contributed by atoms with E-state index in [0.29, 0.717) is 49.1 Å². The molecule has 1 spiro atoms. The number of aryl methyl sites for hydroxylation is 1. The van der Waals surface area contributed by atoms with E-state index < -0.39 is 26.8 Å². The Morgan fingerprint density at radius 3 is 2.63 bits per heavy atom. The van der Waals surface area contributed by atoms with Crippen LogP contribution in [0.15, 0.2) is 36.4 Å². The van der Waals surface area contributed by atoms with Crippen molar-refractivity contribution in [1.29, 1.82) is 0 Å². The highest BCUT2D eigenvalue weighted by Gasteiger charge is 2.49. The van der Waals surface area contributed by atoms with Crippen molar-refractivity contribution in [3.05, 3.63) is 58.1 Å². The van der Waals surface area contributed by atoms with E-state index in [0.717, 1.165) is 88.1 Å². The van der Waals surface area contributed by atoms with Gasteiger partial charge in [0.1, 0.15) is 5.75 Å². The number of fused-ring (bicyclic) bond motifs is 4. The van der Waals surface area contributed by atoms with Gasteiger partial charge in [0.2, 0.25) is 10.0 Å². The minimum absolute atomic E-state index is 0.164. The molecule has 49 heavy (non-hydrogen) atoms. The molecule has 5 aliphatic rings. The zero-order valence-corrected chi connectivity index (χ0v) is 31.0. The van der Waals surface area contributed by atoms with Gasteiger partial charge >= 0.3 is 0 Å². The number of sulfonamides is 1. The molecule has 2 aromatic rings. The number of hydrogen-bond acceptors (Lipinski definition) is 7. The predicted octanol–water partition coefficient (Wildman–Crippen LogP) is 6.57. The number of amides is 1. The molecule has 7 rings (SSSR count). The maximum atomic E-state index is 13.6. The summed E-state index contributed by atoms with van der Waals surface area (Å²) in [5.74, 6) is 0.837. The summed E-state index contributed by atoms with van der Waals surface area (Å²) in [5.41, 5.74) is 2.59. The number of anilines is 1. The molecule has 3 heterocycles. The van der Waals surface area contributed by atoms with Gasteiger partial charge in [0.15, 0.2) is 0 Å². The number of hydrogen-bond donors (Lipinski definition) is 2. The van der Waals surface area contributed by atoms with Gasteiger partial charge < -0.3 is 19.6 Å². The number of ether oxygens (including phenoxy) is 1. The fourth-order valence-electron chi connectivity index (χ4n) is 9.96. The van der Waals surface area contributed by atoms with Crippen LogP contribution in [-0.4, -0.2) is 75.0 Å². The molecular formula is C39H54ClN3O5S. The van der Waals surface area contributed by atoms with Gasteiger partial charge in [-0.1, -0.05) is 31.0 Å². The van der Waals surface area contributed by atoms with Crippen LogP contribution < -0.4 is 14.4 Å². The first-order valence-electron chi connectivity index (χ1n) is 18.6. The van der Waals surface area contributed by atoms with Crippen molar-refractivity contribution in [3.8, 4) is 5.75 Å². The summed E-state index contributed by atoms with van der Waals surface area (Å²) in [6, 6.07) is 11.6. The Labute approximate surface area is 298 Å². The first kappa shape index (κ1) is 35.1. The van der Waals surface area contributed by atoms with E-state index in [1.54, 1.807) is 13.0 Å². The molecule has 2 N–H and O–H groups in total. The van der Waals surface area contributed by atoms with Crippen molar-refractivity contribution >= 4 is 33.2 Å². The number of nitrogens with one attached hydrogen (secondary N) is 1. The Morgan fingerprint density at radius 1 is 1.02 bits per heavy atom. The highest BCUT2D eigenvalue weighted by molar-refractivity contribution is 7.90. The van der Waals surface area contributed by atoms with E-state index in [4.69, 9.17) is 16.3 Å². The molecule has 1 amide bonds. The zero-order chi connectivity index (χ0) is 34.6. The summed E-state index contributed by atoms with van der Waals surface area (Å²) in [6.07, 6.45) is 10.2. The van der Waals surface area contributed by atoms with Crippen molar-refractivity contribution in [2.24, 2.45) is 23.7 Å². The number of carbonyl (C=O) groups excluding carboxylic acids is 1. The van der Waals surface area contributed by atoms with Gasteiger partial charge in [0.25, 0.3) is 5.91 Å². The number of halogens is 1. The average molecular weight is 712 g/mol. The average Bonchev–Trinajstić information content (AvgIpc) is 3.18. The number of carbonyl (C=O) groups is 1. The monoisotopic (exact) mass is 711 g/mol. The molecule has 2 bridgehead atoms. The third-order valence-corrected chi connectivity index (χ3v) is 15.2. The zero-order valence-electron chi connectivity index (χ0n) is 29.4. The first-order chi connectivity index (χ1) is 23.4. The Hall–Kier alpha value is -2.33. The second-order valence-corrected chi connectivity index (χ2v) is 18.8. The van der Waals surface area contributed by atoms with Gasteiger partial charge in [-0.05, 0) is 150 Å². The second kappa shape index (κ2) is 13.7. The van der Waals surface area contributed by atoms with Crippen molar-refractivity contribution in [3.63, 3.8) is 0 Å². The van der Waals surface area contributed by atoms with Crippen LogP contribution in [0.4, 0.5) is 5.69 Å². The van der Waals surface area contributed by atoms with Crippen LogP contribution in [0.1, 0.15) is 99.5 Å². The van der Waals surface area contributed by atoms with Gasteiger partial charge in [-0.2, -0.15) is 0 Å². The van der Waals surface area contributed by atoms with Crippen LogP contribution in [0.2, 0.25) is 5.02 Å². The molecule has 2 fully saturated rings. The standard InChI is InChI=1S/C39H54ClN3O5S/c1-26-7-4-17-39(45,21-28-8-6-18-42(3)22-28)34-13-10-31(34)23-43-24-38(16-5-9-29-19-32(40)12-14-33(29)38)25-48-36-15-11-30(20-35(36)43)37(44)41-49(46,47)27(26)2/h11-12,14-15,19-20,26-28,31,34,45H,4-10,13,16-18,21-25H2,1-3H3,(H,41,44)/t26-,27+,28+,31-,34+,38-,39+/m0/s1. The number of rotatable bonds is 2. The quantitative estimate of drug-likeness (QED) is 0.364. The van der Waals surface area contributed by atoms with E-state index in [2.05, 4.69) is 33.7 Å². The lowest BCUT2D eigenvalue weighted by molar-refractivity contribution is -0.106. The second-order valence-electron chi connectivity index (χ2n) is 16.4. The lowest BCUT2D eigenvalue weighted by Gasteiger charge is -2.51. The van der Waals surface area contributed by atoms with Gasteiger partial charge in [0.05, 0.1) is 23.1 Å². The van der Waals surface area contributed by atoms with Crippen molar-refractivity contribution < 1.29 is 23.1 Å². The van der Waals surface area contributed by atoms with E-state index >= 15 is 0 Å². The maximum Gasteiger partial charge on any atom is 0.264 e. The Kier molecular flexibility index (Phi) is 9.78. The van der Waals surface area contributed by atoms with Crippen LogP contribution in [0.25, 0.3) is 0 Å². The lowest BCUT2D eigenvalue weighted by atomic mass is 9.60. The number of likely N-dealkylation sites (tertiary alicyclic amines) is 1.